The number of anilines is 2. The molecule has 104 valence electrons. The third kappa shape index (κ3) is 2.69. The highest BCUT2D eigenvalue weighted by molar-refractivity contribution is 7.91. The summed E-state index contributed by atoms with van der Waals surface area (Å²) in [6, 6.07) is 2.25. The molecule has 1 aromatic heterocycles. The minimum absolute atomic E-state index is 0.0157. The molecule has 0 spiro atoms. The van der Waals surface area contributed by atoms with E-state index < -0.39 is 9.84 Å². The average Bonchev–Trinajstić information content (AvgIpc) is 2.98. The highest BCUT2D eigenvalue weighted by atomic mass is 32.2. The van der Waals surface area contributed by atoms with E-state index in [4.69, 9.17) is 11.0 Å². The highest BCUT2D eigenvalue weighted by Crippen LogP contribution is 2.40. The van der Waals surface area contributed by atoms with Gasteiger partial charge in [-0.1, -0.05) is 19.8 Å². The van der Waals surface area contributed by atoms with Gasteiger partial charge in [-0.2, -0.15) is 5.26 Å². The topological polar surface area (TPSA) is 96.0 Å². The van der Waals surface area contributed by atoms with Crippen LogP contribution in [-0.2, 0) is 9.84 Å². The zero-order valence-corrected chi connectivity index (χ0v) is 12.4. The van der Waals surface area contributed by atoms with Gasteiger partial charge in [0.05, 0.1) is 11.4 Å². The smallest absolute Gasteiger partial charge is 0.183 e. The molecule has 1 aromatic rings. The van der Waals surface area contributed by atoms with Crippen LogP contribution in [-0.4, -0.2) is 20.2 Å². The van der Waals surface area contributed by atoms with Gasteiger partial charge in [0.25, 0.3) is 0 Å². The Kier molecular flexibility index (Phi) is 4.02. The maximum Gasteiger partial charge on any atom is 0.183 e. The molecule has 0 unspecified atom stereocenters. The second-order valence-corrected chi connectivity index (χ2v) is 7.88. The number of nitrogens with two attached hydrogens (primary N) is 1. The summed E-state index contributed by atoms with van der Waals surface area (Å²) >= 11 is 1.14. The fraction of sp³-hybridized carbons (Fsp3) is 0.583. The fourth-order valence-electron chi connectivity index (χ4n) is 2.32. The SMILES string of the molecule is CCS(=O)(=O)c1c(NC2CCCC2)sc(C#N)c1N. The van der Waals surface area contributed by atoms with Gasteiger partial charge in [-0.25, -0.2) is 8.42 Å². The molecule has 0 saturated heterocycles. The summed E-state index contributed by atoms with van der Waals surface area (Å²) in [5.74, 6) is -0.0157. The molecule has 0 bridgehead atoms. The first-order valence-electron chi connectivity index (χ1n) is 6.31. The molecule has 2 rings (SSSR count). The van der Waals surface area contributed by atoms with Crippen LogP contribution in [0.4, 0.5) is 10.7 Å². The van der Waals surface area contributed by atoms with Gasteiger partial charge in [0, 0.05) is 6.04 Å². The normalized spacial score (nSPS) is 16.4. The van der Waals surface area contributed by atoms with Crippen LogP contribution in [0.1, 0.15) is 37.5 Å². The van der Waals surface area contributed by atoms with Gasteiger partial charge >= 0.3 is 0 Å². The van der Waals surface area contributed by atoms with E-state index >= 15 is 0 Å². The lowest BCUT2D eigenvalue weighted by molar-refractivity contribution is 0.598. The van der Waals surface area contributed by atoms with Crippen LogP contribution in [0.25, 0.3) is 0 Å². The van der Waals surface area contributed by atoms with Crippen molar-refractivity contribution in [3.8, 4) is 6.07 Å². The quantitative estimate of drug-likeness (QED) is 0.889. The van der Waals surface area contributed by atoms with E-state index in [2.05, 4.69) is 5.32 Å². The Labute approximate surface area is 117 Å². The number of rotatable bonds is 4. The molecule has 19 heavy (non-hydrogen) atoms. The predicted molar refractivity (Wildman–Crippen MR) is 77.1 cm³/mol. The lowest BCUT2D eigenvalue weighted by atomic mass is 10.2. The molecule has 0 amide bonds. The first-order valence-corrected chi connectivity index (χ1v) is 8.78. The van der Waals surface area contributed by atoms with Gasteiger partial charge in [0.15, 0.2) is 9.84 Å². The van der Waals surface area contributed by atoms with E-state index in [-0.39, 0.29) is 27.3 Å². The minimum atomic E-state index is -3.42. The van der Waals surface area contributed by atoms with E-state index in [1.807, 2.05) is 6.07 Å². The summed E-state index contributed by atoms with van der Waals surface area (Å²) in [4.78, 5) is 0.385. The summed E-state index contributed by atoms with van der Waals surface area (Å²) < 4.78 is 24.2. The highest BCUT2D eigenvalue weighted by Gasteiger charge is 2.28. The Bertz CT molecular complexity index is 608. The van der Waals surface area contributed by atoms with Crippen LogP contribution in [0.5, 0.6) is 0 Å². The zero-order chi connectivity index (χ0) is 14.0. The lowest BCUT2D eigenvalue weighted by Crippen LogP contribution is -2.16. The number of sulfone groups is 1. The summed E-state index contributed by atoms with van der Waals surface area (Å²) in [6.07, 6.45) is 4.37. The number of nitrogens with one attached hydrogen (secondary N) is 1. The first kappa shape index (κ1) is 14.2. The van der Waals surface area contributed by atoms with Crippen molar-refractivity contribution in [2.24, 2.45) is 0 Å². The molecule has 1 saturated carbocycles. The Morgan fingerprint density at radius 2 is 2.11 bits per heavy atom. The number of nitriles is 1. The van der Waals surface area contributed by atoms with Crippen LogP contribution in [0.15, 0.2) is 4.90 Å². The molecular weight excluding hydrogens is 282 g/mol. The lowest BCUT2D eigenvalue weighted by Gasteiger charge is -2.13. The number of hydrogen-bond acceptors (Lipinski definition) is 6. The van der Waals surface area contributed by atoms with E-state index in [0.717, 1.165) is 37.0 Å². The van der Waals surface area contributed by atoms with Crippen LogP contribution < -0.4 is 11.1 Å². The molecule has 0 radical (unpaired) electrons. The summed E-state index contributed by atoms with van der Waals surface area (Å²) in [5, 5.41) is 12.8. The second kappa shape index (κ2) is 5.39. The predicted octanol–water partition coefficient (Wildman–Crippen LogP) is 2.35. The Morgan fingerprint density at radius 3 is 2.63 bits per heavy atom. The summed E-state index contributed by atoms with van der Waals surface area (Å²) in [5.41, 5.74) is 5.91. The van der Waals surface area contributed by atoms with Crippen molar-refractivity contribution in [1.29, 1.82) is 5.26 Å². The number of nitrogen functional groups attached to an aromatic ring is 1. The van der Waals surface area contributed by atoms with Gasteiger partial charge in [-0.3, -0.25) is 0 Å². The van der Waals surface area contributed by atoms with Crippen LogP contribution >= 0.6 is 11.3 Å². The van der Waals surface area contributed by atoms with Crippen molar-refractivity contribution in [2.75, 3.05) is 16.8 Å². The van der Waals surface area contributed by atoms with Crippen LogP contribution in [0.2, 0.25) is 0 Å². The molecule has 0 aliphatic heterocycles. The molecule has 0 atom stereocenters. The molecule has 1 aliphatic rings. The molecule has 1 heterocycles. The summed E-state index contributed by atoms with van der Waals surface area (Å²) in [6.45, 7) is 1.58. The minimum Gasteiger partial charge on any atom is -0.396 e. The third-order valence-electron chi connectivity index (χ3n) is 3.38. The monoisotopic (exact) mass is 299 g/mol. The zero-order valence-electron chi connectivity index (χ0n) is 10.8. The van der Waals surface area contributed by atoms with E-state index in [1.54, 1.807) is 6.92 Å². The van der Waals surface area contributed by atoms with Crippen molar-refractivity contribution >= 4 is 31.9 Å². The third-order valence-corrected chi connectivity index (χ3v) is 6.36. The Balaban J connectivity index is 2.44. The van der Waals surface area contributed by atoms with Crippen LogP contribution in [0.3, 0.4) is 0 Å². The van der Waals surface area contributed by atoms with Crippen molar-refractivity contribution < 1.29 is 8.42 Å². The van der Waals surface area contributed by atoms with E-state index in [0.29, 0.717) is 5.00 Å². The van der Waals surface area contributed by atoms with E-state index in [9.17, 15) is 8.42 Å². The van der Waals surface area contributed by atoms with E-state index in [1.165, 1.54) is 0 Å². The van der Waals surface area contributed by atoms with Gasteiger partial charge in [-0.05, 0) is 12.8 Å². The number of hydrogen-bond donors (Lipinski definition) is 2. The van der Waals surface area contributed by atoms with Gasteiger partial charge in [-0.15, -0.1) is 11.3 Å². The molecule has 1 fully saturated rings. The molecule has 5 nitrogen and oxygen atoms in total. The molecular formula is C12H17N3O2S2. The van der Waals surface area contributed by atoms with Gasteiger partial charge in [0.1, 0.15) is 20.8 Å². The Morgan fingerprint density at radius 1 is 1.47 bits per heavy atom. The van der Waals surface area contributed by atoms with Gasteiger partial charge < -0.3 is 11.1 Å². The summed E-state index contributed by atoms with van der Waals surface area (Å²) in [7, 11) is -3.42. The van der Waals surface area contributed by atoms with Crippen molar-refractivity contribution in [3.05, 3.63) is 4.88 Å². The standard InChI is InChI=1S/C12H17N3O2S2/c1-2-19(16,17)11-10(14)9(7-13)18-12(11)15-8-5-3-4-6-8/h8,15H,2-6,14H2,1H3. The number of nitrogens with zero attached hydrogens (tertiary/aromatic N) is 1. The second-order valence-electron chi connectivity index (χ2n) is 4.64. The van der Waals surface area contributed by atoms with Crippen molar-refractivity contribution in [2.45, 2.75) is 43.5 Å². The number of thiophene rings is 1. The molecule has 3 N–H and O–H groups in total. The van der Waals surface area contributed by atoms with Gasteiger partial charge in [0.2, 0.25) is 0 Å². The molecule has 7 heteroatoms. The van der Waals surface area contributed by atoms with Crippen molar-refractivity contribution in [3.63, 3.8) is 0 Å². The van der Waals surface area contributed by atoms with Crippen molar-refractivity contribution in [1.82, 2.24) is 0 Å². The average molecular weight is 299 g/mol. The fourth-order valence-corrected chi connectivity index (χ4v) is 4.84. The first-order chi connectivity index (χ1) is 8.99. The molecule has 0 aromatic carbocycles. The molecule has 1 aliphatic carbocycles. The van der Waals surface area contributed by atoms with Crippen LogP contribution in [0, 0.1) is 11.3 Å². The maximum absolute atomic E-state index is 12.1. The Hall–Kier alpha value is -1.26. The largest absolute Gasteiger partial charge is 0.396 e. The maximum atomic E-state index is 12.1.